The first-order chi connectivity index (χ1) is 14.1. The van der Waals surface area contributed by atoms with Gasteiger partial charge in [-0.25, -0.2) is 0 Å². The van der Waals surface area contributed by atoms with E-state index in [2.05, 4.69) is 40.7 Å². The van der Waals surface area contributed by atoms with E-state index in [1.54, 1.807) is 6.07 Å². The molecule has 0 unspecified atom stereocenters. The Kier molecular flexibility index (Phi) is 8.25. The van der Waals surface area contributed by atoms with Crippen molar-refractivity contribution in [2.45, 2.75) is 45.7 Å². The Hall–Kier alpha value is -2.18. The number of thiophene rings is 1. The maximum absolute atomic E-state index is 12.2. The number of benzene rings is 1. The summed E-state index contributed by atoms with van der Waals surface area (Å²) in [5, 5.41) is 9.59. The number of hydrogen-bond acceptors (Lipinski definition) is 4. The second-order valence-electron chi connectivity index (χ2n) is 7.90. The van der Waals surface area contributed by atoms with Gasteiger partial charge in [-0.15, -0.1) is 0 Å². The maximum atomic E-state index is 12.2. The van der Waals surface area contributed by atoms with Gasteiger partial charge in [-0.1, -0.05) is 31.2 Å². The minimum atomic E-state index is -0.0763. The summed E-state index contributed by atoms with van der Waals surface area (Å²) >= 11 is 1.50. The monoisotopic (exact) mass is 413 g/mol. The van der Waals surface area contributed by atoms with Crippen LogP contribution in [-0.2, 0) is 17.9 Å². The Bertz CT molecular complexity index is 791. The van der Waals surface area contributed by atoms with Gasteiger partial charge in [-0.05, 0) is 54.3 Å². The Morgan fingerprint density at radius 1 is 1.17 bits per heavy atom. The van der Waals surface area contributed by atoms with Crippen molar-refractivity contribution < 1.29 is 9.59 Å². The van der Waals surface area contributed by atoms with Crippen molar-refractivity contribution in [3.05, 3.63) is 57.8 Å². The number of nitrogens with zero attached hydrogens (tertiary/aromatic N) is 1. The number of likely N-dealkylation sites (tertiary alicyclic amines) is 1. The predicted octanol–water partition coefficient (Wildman–Crippen LogP) is 3.81. The van der Waals surface area contributed by atoms with Crippen LogP contribution in [0.3, 0.4) is 0 Å². The summed E-state index contributed by atoms with van der Waals surface area (Å²) in [6, 6.07) is 10.2. The third-order valence-corrected chi connectivity index (χ3v) is 6.06. The molecule has 2 amide bonds. The number of carbonyl (C=O) groups excluding carboxylic acids is 2. The van der Waals surface area contributed by atoms with Crippen molar-refractivity contribution in [3.63, 3.8) is 0 Å². The van der Waals surface area contributed by atoms with E-state index in [4.69, 9.17) is 0 Å². The first-order valence-corrected chi connectivity index (χ1v) is 11.4. The summed E-state index contributed by atoms with van der Waals surface area (Å²) in [5.74, 6) is 0.708. The molecule has 156 valence electrons. The van der Waals surface area contributed by atoms with E-state index in [1.807, 2.05) is 16.8 Å². The second-order valence-corrected chi connectivity index (χ2v) is 8.68. The molecule has 0 bridgehead atoms. The van der Waals surface area contributed by atoms with Gasteiger partial charge in [0.15, 0.2) is 0 Å². The Labute approximate surface area is 177 Å². The highest BCUT2D eigenvalue weighted by molar-refractivity contribution is 7.08. The lowest BCUT2D eigenvalue weighted by atomic mass is 9.99. The molecular weight excluding hydrogens is 382 g/mol. The largest absolute Gasteiger partial charge is 0.352 e. The molecular formula is C23H31N3O2S. The molecule has 1 atom stereocenters. The lowest BCUT2D eigenvalue weighted by molar-refractivity contribution is -0.121. The normalized spacial score (nSPS) is 17.1. The van der Waals surface area contributed by atoms with Crippen LogP contribution in [0.5, 0.6) is 0 Å². The topological polar surface area (TPSA) is 61.4 Å². The van der Waals surface area contributed by atoms with Gasteiger partial charge < -0.3 is 10.6 Å². The molecule has 0 saturated carbocycles. The summed E-state index contributed by atoms with van der Waals surface area (Å²) < 4.78 is 0. The van der Waals surface area contributed by atoms with Crippen LogP contribution in [0.2, 0.25) is 0 Å². The fourth-order valence-electron chi connectivity index (χ4n) is 3.78. The molecule has 0 radical (unpaired) electrons. The standard InChI is InChI=1S/C23H31N3O2S/c1-18-6-5-12-26(15-18)16-20-8-3-2-7-19(20)14-25-22(27)9-4-11-24-23(28)21-10-13-29-17-21/h2-3,7-8,10,13,17-18H,4-6,9,11-12,14-16H2,1H3,(H,24,28)(H,25,27)/t18-/m0/s1. The lowest BCUT2D eigenvalue weighted by Gasteiger charge is -2.31. The van der Waals surface area contributed by atoms with Crippen molar-refractivity contribution in [1.82, 2.24) is 15.5 Å². The molecule has 1 aromatic carbocycles. The van der Waals surface area contributed by atoms with Crippen LogP contribution in [0, 0.1) is 5.92 Å². The first kappa shape index (κ1) is 21.5. The Morgan fingerprint density at radius 2 is 2.00 bits per heavy atom. The summed E-state index contributed by atoms with van der Waals surface area (Å²) in [5.41, 5.74) is 3.16. The molecule has 2 aromatic rings. The fourth-order valence-corrected chi connectivity index (χ4v) is 4.42. The Morgan fingerprint density at radius 3 is 2.76 bits per heavy atom. The zero-order valence-electron chi connectivity index (χ0n) is 17.2. The molecule has 0 aliphatic carbocycles. The van der Waals surface area contributed by atoms with Crippen LogP contribution in [0.15, 0.2) is 41.1 Å². The molecule has 1 aromatic heterocycles. The third-order valence-electron chi connectivity index (χ3n) is 5.38. The molecule has 1 aliphatic heterocycles. The van der Waals surface area contributed by atoms with Gasteiger partial charge in [-0.2, -0.15) is 11.3 Å². The fraction of sp³-hybridized carbons (Fsp3) is 0.478. The number of amides is 2. The molecule has 3 rings (SSSR count). The molecule has 5 nitrogen and oxygen atoms in total. The molecule has 1 aliphatic rings. The van der Waals surface area contributed by atoms with Crippen molar-refractivity contribution in [3.8, 4) is 0 Å². The van der Waals surface area contributed by atoms with Crippen LogP contribution in [-0.4, -0.2) is 36.3 Å². The quantitative estimate of drug-likeness (QED) is 0.615. The van der Waals surface area contributed by atoms with E-state index in [0.29, 0.717) is 31.5 Å². The highest BCUT2D eigenvalue weighted by Gasteiger charge is 2.17. The summed E-state index contributed by atoms with van der Waals surface area (Å²) in [6.07, 6.45) is 3.63. The summed E-state index contributed by atoms with van der Waals surface area (Å²) in [4.78, 5) is 26.6. The molecule has 1 fully saturated rings. The highest BCUT2D eigenvalue weighted by Crippen LogP contribution is 2.19. The van der Waals surface area contributed by atoms with Gasteiger partial charge in [0.1, 0.15) is 0 Å². The Balaban J connectivity index is 1.39. The van der Waals surface area contributed by atoms with Crippen LogP contribution >= 0.6 is 11.3 Å². The number of piperidine rings is 1. The predicted molar refractivity (Wildman–Crippen MR) is 118 cm³/mol. The lowest BCUT2D eigenvalue weighted by Crippen LogP contribution is -2.34. The van der Waals surface area contributed by atoms with Crippen LogP contribution < -0.4 is 10.6 Å². The van der Waals surface area contributed by atoms with E-state index in [9.17, 15) is 9.59 Å². The molecule has 0 spiro atoms. The van der Waals surface area contributed by atoms with E-state index in [0.717, 1.165) is 25.6 Å². The number of hydrogen-bond donors (Lipinski definition) is 2. The average molecular weight is 414 g/mol. The summed E-state index contributed by atoms with van der Waals surface area (Å²) in [6.45, 7) is 6.64. The van der Waals surface area contributed by atoms with E-state index < -0.39 is 0 Å². The maximum Gasteiger partial charge on any atom is 0.252 e. The van der Waals surface area contributed by atoms with Crippen LogP contribution in [0.4, 0.5) is 0 Å². The second kappa shape index (κ2) is 11.1. The van der Waals surface area contributed by atoms with Crippen molar-refractivity contribution in [1.29, 1.82) is 0 Å². The number of nitrogens with one attached hydrogen (secondary N) is 2. The summed E-state index contributed by atoms with van der Waals surface area (Å²) in [7, 11) is 0. The zero-order chi connectivity index (χ0) is 20.5. The highest BCUT2D eigenvalue weighted by atomic mass is 32.1. The average Bonchev–Trinajstić information content (AvgIpc) is 3.25. The smallest absolute Gasteiger partial charge is 0.252 e. The van der Waals surface area contributed by atoms with Gasteiger partial charge in [0, 0.05) is 43.5 Å². The van der Waals surface area contributed by atoms with Crippen molar-refractivity contribution >= 4 is 23.2 Å². The van der Waals surface area contributed by atoms with E-state index >= 15 is 0 Å². The first-order valence-electron chi connectivity index (χ1n) is 10.5. The van der Waals surface area contributed by atoms with E-state index in [1.165, 1.54) is 35.3 Å². The third kappa shape index (κ3) is 6.98. The van der Waals surface area contributed by atoms with Crippen LogP contribution in [0.1, 0.15) is 54.1 Å². The van der Waals surface area contributed by atoms with Crippen molar-refractivity contribution in [2.24, 2.45) is 5.92 Å². The molecule has 29 heavy (non-hydrogen) atoms. The molecule has 1 saturated heterocycles. The van der Waals surface area contributed by atoms with Crippen LogP contribution in [0.25, 0.3) is 0 Å². The van der Waals surface area contributed by atoms with Gasteiger partial charge >= 0.3 is 0 Å². The van der Waals surface area contributed by atoms with E-state index in [-0.39, 0.29) is 11.8 Å². The van der Waals surface area contributed by atoms with Crippen molar-refractivity contribution in [2.75, 3.05) is 19.6 Å². The minimum absolute atomic E-state index is 0.0242. The number of carbonyl (C=O) groups is 2. The minimum Gasteiger partial charge on any atom is -0.352 e. The SMILES string of the molecule is C[C@H]1CCCN(Cc2ccccc2CNC(=O)CCCNC(=O)c2ccsc2)C1. The molecule has 6 heteroatoms. The van der Waals surface area contributed by atoms with Gasteiger partial charge in [0.2, 0.25) is 5.91 Å². The van der Waals surface area contributed by atoms with Gasteiger partial charge in [-0.3, -0.25) is 14.5 Å². The molecule has 2 heterocycles. The number of rotatable bonds is 9. The van der Waals surface area contributed by atoms with Gasteiger partial charge in [0.05, 0.1) is 0 Å². The van der Waals surface area contributed by atoms with Gasteiger partial charge in [0.25, 0.3) is 5.91 Å². The molecule has 2 N–H and O–H groups in total. The zero-order valence-corrected chi connectivity index (χ0v) is 18.0.